The second kappa shape index (κ2) is 3.07. The van der Waals surface area contributed by atoms with Crippen molar-refractivity contribution in [3.63, 3.8) is 0 Å². The molecule has 11 heavy (non-hydrogen) atoms. The maximum atomic E-state index is 10.0. The number of anilines is 1. The van der Waals surface area contributed by atoms with Crippen LogP contribution in [-0.2, 0) is 0 Å². The van der Waals surface area contributed by atoms with Crippen LogP contribution in [0.15, 0.2) is 17.4 Å². The van der Waals surface area contributed by atoms with Gasteiger partial charge < -0.3 is 0 Å². The first-order chi connectivity index (χ1) is 5.27. The minimum atomic E-state index is -0.0434. The van der Waals surface area contributed by atoms with Crippen LogP contribution in [0.3, 0.4) is 0 Å². The number of pyridine rings is 1. The Morgan fingerprint density at radius 2 is 2.45 bits per heavy atom. The van der Waals surface area contributed by atoms with Crippen molar-refractivity contribution in [3.05, 3.63) is 22.7 Å². The van der Waals surface area contributed by atoms with Crippen LogP contribution in [0.2, 0.25) is 0 Å². The number of hydrogen-bond donors (Lipinski definition) is 2. The molecule has 5 nitrogen and oxygen atoms in total. The Balaban J connectivity index is 3.16. The Bertz CT molecular complexity index is 275. The molecular formula is C6H7N3O2. The van der Waals surface area contributed by atoms with Crippen molar-refractivity contribution < 1.29 is 5.21 Å². The van der Waals surface area contributed by atoms with E-state index in [0.29, 0.717) is 0 Å². The molecule has 0 radical (unpaired) electrons. The third-order valence-electron chi connectivity index (χ3n) is 1.21. The topological polar surface area (TPSA) is 74.6 Å². The highest BCUT2D eigenvalue weighted by molar-refractivity contribution is 5.59. The molecule has 1 aromatic rings. The van der Waals surface area contributed by atoms with E-state index in [-0.39, 0.29) is 11.5 Å². The molecule has 0 atom stereocenters. The van der Waals surface area contributed by atoms with Gasteiger partial charge in [-0.3, -0.25) is 10.7 Å². The van der Waals surface area contributed by atoms with E-state index in [1.165, 1.54) is 6.20 Å². The van der Waals surface area contributed by atoms with Gasteiger partial charge in [0.05, 0.1) is 0 Å². The molecule has 0 aromatic carbocycles. The van der Waals surface area contributed by atoms with E-state index >= 15 is 0 Å². The van der Waals surface area contributed by atoms with Gasteiger partial charge in [-0.2, -0.15) is 0 Å². The molecule has 0 unspecified atom stereocenters. The molecule has 1 aromatic heterocycles. The molecule has 0 aliphatic carbocycles. The normalized spacial score (nSPS) is 9.27. The average molecular weight is 153 g/mol. The van der Waals surface area contributed by atoms with Crippen LogP contribution >= 0.6 is 0 Å². The molecule has 0 aliphatic rings. The molecule has 58 valence electrons. The fourth-order valence-electron chi connectivity index (χ4n) is 0.717. The fourth-order valence-corrected chi connectivity index (χ4v) is 0.717. The average Bonchev–Trinajstić information content (AvgIpc) is 2.04. The zero-order chi connectivity index (χ0) is 8.27. The smallest absolute Gasteiger partial charge is 0.222 e. The zero-order valence-electron chi connectivity index (χ0n) is 5.90. The number of nitrogens with one attached hydrogen (secondary N) is 1. The minimum Gasteiger partial charge on any atom is -0.291 e. The molecule has 0 bridgehead atoms. The van der Waals surface area contributed by atoms with Crippen molar-refractivity contribution in [2.45, 2.75) is 6.92 Å². The van der Waals surface area contributed by atoms with Gasteiger partial charge >= 0.3 is 0 Å². The van der Waals surface area contributed by atoms with Crippen LogP contribution < -0.4 is 5.48 Å². The van der Waals surface area contributed by atoms with E-state index in [1.807, 2.05) is 5.48 Å². The SMILES string of the molecule is Cc1cnc(N=O)c(NO)c1. The summed E-state index contributed by atoms with van der Waals surface area (Å²) in [5.74, 6) is -0.0434. The molecule has 0 amide bonds. The number of nitrogens with zero attached hydrogens (tertiary/aromatic N) is 2. The molecule has 0 fully saturated rings. The van der Waals surface area contributed by atoms with Crippen LogP contribution in [0.25, 0.3) is 0 Å². The summed E-state index contributed by atoms with van der Waals surface area (Å²) in [7, 11) is 0. The van der Waals surface area contributed by atoms with Crippen molar-refractivity contribution in [2.75, 3.05) is 5.48 Å². The van der Waals surface area contributed by atoms with Gasteiger partial charge in [0.1, 0.15) is 5.69 Å². The van der Waals surface area contributed by atoms with Crippen molar-refractivity contribution in [1.82, 2.24) is 4.98 Å². The minimum absolute atomic E-state index is 0.0434. The first-order valence-electron chi connectivity index (χ1n) is 2.98. The van der Waals surface area contributed by atoms with Crippen molar-refractivity contribution in [2.24, 2.45) is 5.18 Å². The third-order valence-corrected chi connectivity index (χ3v) is 1.21. The summed E-state index contributed by atoms with van der Waals surface area (Å²) < 4.78 is 0. The fraction of sp³-hybridized carbons (Fsp3) is 0.167. The van der Waals surface area contributed by atoms with Crippen molar-refractivity contribution >= 4 is 11.5 Å². The van der Waals surface area contributed by atoms with E-state index in [9.17, 15) is 4.91 Å². The van der Waals surface area contributed by atoms with Crippen molar-refractivity contribution in [3.8, 4) is 0 Å². The molecular weight excluding hydrogens is 146 g/mol. The Morgan fingerprint density at radius 3 is 3.00 bits per heavy atom. The van der Waals surface area contributed by atoms with Gasteiger partial charge in [-0.25, -0.2) is 4.98 Å². The quantitative estimate of drug-likeness (QED) is 0.499. The predicted octanol–water partition coefficient (Wildman–Crippen LogP) is 1.59. The number of nitroso groups, excluding NO2 is 1. The molecule has 1 heterocycles. The molecule has 0 aliphatic heterocycles. The third kappa shape index (κ3) is 1.50. The van der Waals surface area contributed by atoms with Gasteiger partial charge in [0.25, 0.3) is 0 Å². The van der Waals surface area contributed by atoms with Crippen LogP contribution in [0.1, 0.15) is 5.56 Å². The maximum Gasteiger partial charge on any atom is 0.222 e. The van der Waals surface area contributed by atoms with Gasteiger partial charge in [-0.05, 0) is 23.7 Å². The summed E-state index contributed by atoms with van der Waals surface area (Å²) in [4.78, 5) is 13.7. The molecule has 0 saturated carbocycles. The Morgan fingerprint density at radius 1 is 1.73 bits per heavy atom. The first-order valence-corrected chi connectivity index (χ1v) is 2.98. The summed E-state index contributed by atoms with van der Waals surface area (Å²) >= 11 is 0. The monoisotopic (exact) mass is 153 g/mol. The van der Waals surface area contributed by atoms with Gasteiger partial charge in [0, 0.05) is 6.20 Å². The largest absolute Gasteiger partial charge is 0.291 e. The lowest BCUT2D eigenvalue weighted by molar-refractivity contribution is 0.389. The van der Waals surface area contributed by atoms with E-state index in [4.69, 9.17) is 5.21 Å². The Kier molecular flexibility index (Phi) is 2.12. The molecule has 5 heteroatoms. The van der Waals surface area contributed by atoms with Gasteiger partial charge in [-0.15, -0.1) is 4.91 Å². The van der Waals surface area contributed by atoms with E-state index < -0.39 is 0 Å². The maximum absolute atomic E-state index is 10.0. The number of aromatic nitrogens is 1. The predicted molar refractivity (Wildman–Crippen MR) is 39.8 cm³/mol. The zero-order valence-corrected chi connectivity index (χ0v) is 5.90. The number of aryl methyl sites for hydroxylation is 1. The lowest BCUT2D eigenvalue weighted by atomic mass is 10.3. The number of hydrogen-bond acceptors (Lipinski definition) is 5. The van der Waals surface area contributed by atoms with E-state index in [2.05, 4.69) is 10.2 Å². The molecule has 2 N–H and O–H groups in total. The van der Waals surface area contributed by atoms with Gasteiger partial charge in [0.15, 0.2) is 0 Å². The summed E-state index contributed by atoms with van der Waals surface area (Å²) in [6.45, 7) is 1.79. The van der Waals surface area contributed by atoms with Crippen LogP contribution in [0.4, 0.5) is 11.5 Å². The summed E-state index contributed by atoms with van der Waals surface area (Å²) in [5.41, 5.74) is 2.89. The Labute approximate surface area is 63.0 Å². The first kappa shape index (κ1) is 7.62. The van der Waals surface area contributed by atoms with E-state index in [1.54, 1.807) is 13.0 Å². The highest BCUT2D eigenvalue weighted by Gasteiger charge is 2.01. The Hall–Kier alpha value is -1.49. The van der Waals surface area contributed by atoms with Gasteiger partial charge in [-0.1, -0.05) is 0 Å². The number of rotatable bonds is 2. The van der Waals surface area contributed by atoms with Crippen LogP contribution in [-0.4, -0.2) is 10.2 Å². The van der Waals surface area contributed by atoms with Gasteiger partial charge in [0.2, 0.25) is 5.82 Å². The molecule has 0 spiro atoms. The second-order valence-corrected chi connectivity index (χ2v) is 2.09. The lowest BCUT2D eigenvalue weighted by Gasteiger charge is -1.99. The standard InChI is InChI=1S/C6H7N3O2/c1-4-2-5(8-10)6(9-11)7-3-4/h2-3,8,10H,1H3. The molecule has 1 rings (SSSR count). The summed E-state index contributed by atoms with van der Waals surface area (Å²) in [6, 6.07) is 1.57. The van der Waals surface area contributed by atoms with Crippen LogP contribution in [0, 0.1) is 11.8 Å². The highest BCUT2D eigenvalue weighted by Crippen LogP contribution is 2.21. The lowest BCUT2D eigenvalue weighted by Crippen LogP contribution is -1.91. The highest BCUT2D eigenvalue weighted by atomic mass is 16.5. The van der Waals surface area contributed by atoms with E-state index in [0.717, 1.165) is 5.56 Å². The van der Waals surface area contributed by atoms with Crippen LogP contribution in [0.5, 0.6) is 0 Å². The molecule has 0 saturated heterocycles. The van der Waals surface area contributed by atoms with Crippen molar-refractivity contribution in [1.29, 1.82) is 0 Å². The summed E-state index contributed by atoms with van der Waals surface area (Å²) in [5, 5.41) is 11.1. The summed E-state index contributed by atoms with van der Waals surface area (Å²) in [6.07, 6.45) is 1.50. The second-order valence-electron chi connectivity index (χ2n) is 2.09.